The molecule has 1 aromatic carbocycles. The molecule has 3 nitrogen and oxygen atoms in total. The van der Waals surface area contributed by atoms with Crippen molar-refractivity contribution in [3.63, 3.8) is 0 Å². The first-order valence-electron chi connectivity index (χ1n) is 6.45. The molecule has 0 radical (unpaired) electrons. The Hall–Kier alpha value is -0.770. The quantitative estimate of drug-likeness (QED) is 0.897. The van der Waals surface area contributed by atoms with Gasteiger partial charge in [-0.15, -0.1) is 0 Å². The lowest BCUT2D eigenvalue weighted by atomic mass is 9.88. The Labute approximate surface area is 123 Å². The number of hydrogen-bond donors (Lipinski definition) is 2. The molecule has 1 aliphatic rings. The topological polar surface area (TPSA) is 41.1 Å². The average Bonchev–Trinajstić information content (AvgIpc) is 2.29. The van der Waals surface area contributed by atoms with Crippen LogP contribution in [0.15, 0.2) is 18.2 Å². The Morgan fingerprint density at radius 1 is 1.37 bits per heavy atom. The third kappa shape index (κ3) is 3.41. The van der Waals surface area contributed by atoms with Crippen LogP contribution in [0, 0.1) is 11.8 Å². The summed E-state index contributed by atoms with van der Waals surface area (Å²) in [4.78, 5) is 12.1. The highest BCUT2D eigenvalue weighted by Crippen LogP contribution is 2.27. The fourth-order valence-corrected chi connectivity index (χ4v) is 2.61. The van der Waals surface area contributed by atoms with Crippen LogP contribution in [0.5, 0.6) is 0 Å². The van der Waals surface area contributed by atoms with Gasteiger partial charge >= 0.3 is 0 Å². The molecule has 104 valence electrons. The van der Waals surface area contributed by atoms with Gasteiger partial charge in [-0.25, -0.2) is 0 Å². The lowest BCUT2D eigenvalue weighted by molar-refractivity contribution is -0.127. The van der Waals surface area contributed by atoms with E-state index in [4.69, 9.17) is 23.2 Å². The van der Waals surface area contributed by atoms with Crippen molar-refractivity contribution in [3.8, 4) is 0 Å². The van der Waals surface area contributed by atoms with Crippen molar-refractivity contribution in [1.82, 2.24) is 10.6 Å². The van der Waals surface area contributed by atoms with E-state index in [-0.39, 0.29) is 17.9 Å². The second kappa shape index (κ2) is 6.12. The maximum Gasteiger partial charge on any atom is 0.223 e. The normalized spacial score (nSPS) is 18.5. The summed E-state index contributed by atoms with van der Waals surface area (Å²) in [6.07, 6.45) is 0. The predicted molar refractivity (Wildman–Crippen MR) is 78.5 cm³/mol. The molecule has 0 aromatic heterocycles. The lowest BCUT2D eigenvalue weighted by Crippen LogP contribution is -2.49. The Morgan fingerprint density at radius 3 is 2.63 bits per heavy atom. The van der Waals surface area contributed by atoms with Crippen molar-refractivity contribution in [1.29, 1.82) is 0 Å². The molecule has 0 spiro atoms. The minimum atomic E-state index is -0.144. The highest BCUT2D eigenvalue weighted by atomic mass is 35.5. The summed E-state index contributed by atoms with van der Waals surface area (Å²) in [5.74, 6) is 0.513. The number of carbonyl (C=O) groups is 1. The monoisotopic (exact) mass is 300 g/mol. The Morgan fingerprint density at radius 2 is 2.05 bits per heavy atom. The van der Waals surface area contributed by atoms with Gasteiger partial charge in [0, 0.05) is 16.0 Å². The van der Waals surface area contributed by atoms with E-state index in [1.165, 1.54) is 0 Å². The highest BCUT2D eigenvalue weighted by molar-refractivity contribution is 6.33. The SMILES string of the molecule is CC(NC(=O)C(C)C1CNC1)c1cc(Cl)ccc1Cl. The maximum absolute atomic E-state index is 12.1. The molecule has 0 bridgehead atoms. The summed E-state index contributed by atoms with van der Waals surface area (Å²) in [6, 6.07) is 5.14. The fourth-order valence-electron chi connectivity index (χ4n) is 2.15. The van der Waals surface area contributed by atoms with Gasteiger partial charge < -0.3 is 10.6 Å². The Kier molecular flexibility index (Phi) is 4.71. The van der Waals surface area contributed by atoms with Gasteiger partial charge in [0.1, 0.15) is 0 Å². The van der Waals surface area contributed by atoms with E-state index in [9.17, 15) is 4.79 Å². The fraction of sp³-hybridized carbons (Fsp3) is 0.500. The van der Waals surface area contributed by atoms with Gasteiger partial charge in [0.2, 0.25) is 5.91 Å². The Bertz CT molecular complexity index is 475. The number of carbonyl (C=O) groups excluding carboxylic acids is 1. The molecule has 1 saturated heterocycles. The molecule has 2 unspecified atom stereocenters. The summed E-state index contributed by atoms with van der Waals surface area (Å²) >= 11 is 12.1. The molecular formula is C14H18Cl2N2O. The molecule has 1 amide bonds. The van der Waals surface area contributed by atoms with Gasteiger partial charge in [-0.2, -0.15) is 0 Å². The number of halogens is 2. The largest absolute Gasteiger partial charge is 0.349 e. The van der Waals surface area contributed by atoms with Gasteiger partial charge in [-0.3, -0.25) is 4.79 Å². The third-order valence-corrected chi connectivity index (χ3v) is 4.30. The molecule has 2 N–H and O–H groups in total. The summed E-state index contributed by atoms with van der Waals surface area (Å²) < 4.78 is 0. The van der Waals surface area contributed by atoms with Gasteiger partial charge in [0.05, 0.1) is 6.04 Å². The Balaban J connectivity index is 2.01. The first-order chi connectivity index (χ1) is 8.99. The molecule has 0 aliphatic carbocycles. The second-order valence-corrected chi connectivity index (χ2v) is 5.95. The van der Waals surface area contributed by atoms with Crippen molar-refractivity contribution in [2.75, 3.05) is 13.1 Å². The average molecular weight is 301 g/mol. The molecule has 1 heterocycles. The first-order valence-corrected chi connectivity index (χ1v) is 7.20. The number of benzene rings is 1. The van der Waals surface area contributed by atoms with Crippen molar-refractivity contribution < 1.29 is 4.79 Å². The highest BCUT2D eigenvalue weighted by Gasteiger charge is 2.29. The van der Waals surface area contributed by atoms with Crippen molar-refractivity contribution >= 4 is 29.1 Å². The summed E-state index contributed by atoms with van der Waals surface area (Å²) in [7, 11) is 0. The summed E-state index contributed by atoms with van der Waals surface area (Å²) in [5, 5.41) is 7.43. The van der Waals surface area contributed by atoms with Gasteiger partial charge in [0.25, 0.3) is 0 Å². The van der Waals surface area contributed by atoms with E-state index in [0.29, 0.717) is 16.0 Å². The minimum Gasteiger partial charge on any atom is -0.349 e. The minimum absolute atomic E-state index is 0.0154. The van der Waals surface area contributed by atoms with Crippen molar-refractivity contribution in [3.05, 3.63) is 33.8 Å². The summed E-state index contributed by atoms with van der Waals surface area (Å²) in [5.41, 5.74) is 0.849. The van der Waals surface area contributed by atoms with E-state index in [2.05, 4.69) is 10.6 Å². The van der Waals surface area contributed by atoms with Crippen molar-refractivity contribution in [2.24, 2.45) is 11.8 Å². The number of rotatable bonds is 4. The summed E-state index contributed by atoms with van der Waals surface area (Å²) in [6.45, 7) is 5.72. The molecule has 2 rings (SSSR count). The van der Waals surface area contributed by atoms with Crippen molar-refractivity contribution in [2.45, 2.75) is 19.9 Å². The van der Waals surface area contributed by atoms with Crippen LogP contribution in [0.2, 0.25) is 10.0 Å². The predicted octanol–water partition coefficient (Wildman–Crippen LogP) is 3.03. The smallest absolute Gasteiger partial charge is 0.223 e. The number of amides is 1. The molecule has 0 saturated carbocycles. The van der Waals surface area contributed by atoms with Crippen LogP contribution in [0.3, 0.4) is 0 Å². The third-order valence-electron chi connectivity index (χ3n) is 3.72. The van der Waals surface area contributed by atoms with E-state index in [1.54, 1.807) is 18.2 Å². The molecular weight excluding hydrogens is 283 g/mol. The molecule has 1 aliphatic heterocycles. The van der Waals surface area contributed by atoms with Crippen LogP contribution < -0.4 is 10.6 Å². The standard InChI is InChI=1S/C14H18Cl2N2O/c1-8(10-6-17-7-10)14(19)18-9(2)12-5-11(15)3-4-13(12)16/h3-5,8-10,17H,6-7H2,1-2H3,(H,18,19). The first kappa shape index (κ1) is 14.6. The zero-order valence-corrected chi connectivity index (χ0v) is 12.6. The molecule has 5 heteroatoms. The van der Waals surface area contributed by atoms with Crippen LogP contribution >= 0.6 is 23.2 Å². The molecule has 1 aromatic rings. The zero-order valence-electron chi connectivity index (χ0n) is 11.0. The van der Waals surface area contributed by atoms with E-state index >= 15 is 0 Å². The van der Waals surface area contributed by atoms with E-state index in [0.717, 1.165) is 18.7 Å². The molecule has 2 atom stereocenters. The van der Waals surface area contributed by atoms with Crippen LogP contribution in [0.1, 0.15) is 25.5 Å². The second-order valence-electron chi connectivity index (χ2n) is 5.10. The van der Waals surface area contributed by atoms with Gasteiger partial charge in [-0.1, -0.05) is 30.1 Å². The van der Waals surface area contributed by atoms with E-state index < -0.39 is 0 Å². The molecule has 19 heavy (non-hydrogen) atoms. The van der Waals surface area contributed by atoms with Gasteiger partial charge in [-0.05, 0) is 49.7 Å². The van der Waals surface area contributed by atoms with Crippen LogP contribution in [0.4, 0.5) is 0 Å². The van der Waals surface area contributed by atoms with Crippen LogP contribution in [0.25, 0.3) is 0 Å². The lowest BCUT2D eigenvalue weighted by Gasteiger charge is -2.32. The molecule has 1 fully saturated rings. The van der Waals surface area contributed by atoms with Gasteiger partial charge in [0.15, 0.2) is 0 Å². The van der Waals surface area contributed by atoms with E-state index in [1.807, 2.05) is 13.8 Å². The zero-order chi connectivity index (χ0) is 14.0. The number of hydrogen-bond acceptors (Lipinski definition) is 2. The van der Waals surface area contributed by atoms with Crippen LogP contribution in [-0.2, 0) is 4.79 Å². The van der Waals surface area contributed by atoms with Crippen LogP contribution in [-0.4, -0.2) is 19.0 Å². The maximum atomic E-state index is 12.1. The number of nitrogens with one attached hydrogen (secondary N) is 2.